The highest BCUT2D eigenvalue weighted by atomic mass is 16.2. The Hall–Kier alpha value is -1.30. The number of likely N-dealkylation sites (tertiary alicyclic amines) is 2. The molecule has 1 amide bonds. The Morgan fingerprint density at radius 1 is 1.20 bits per heavy atom. The van der Waals surface area contributed by atoms with Crippen LogP contribution in [0.3, 0.4) is 0 Å². The van der Waals surface area contributed by atoms with Crippen LogP contribution in [0.2, 0.25) is 0 Å². The van der Waals surface area contributed by atoms with Gasteiger partial charge in [-0.3, -0.25) is 9.79 Å². The Morgan fingerprint density at radius 3 is 2.76 bits per heavy atom. The third-order valence-electron chi connectivity index (χ3n) is 5.34. The van der Waals surface area contributed by atoms with E-state index in [2.05, 4.69) is 29.4 Å². The molecule has 2 heterocycles. The van der Waals surface area contributed by atoms with Gasteiger partial charge in [-0.25, -0.2) is 0 Å². The first-order chi connectivity index (χ1) is 12.1. The molecule has 2 saturated heterocycles. The first-order valence-electron chi connectivity index (χ1n) is 10.2. The number of aliphatic imine (C=N–C) groups is 1. The predicted octanol–water partition coefficient (Wildman–Crippen LogP) is 1.82. The second-order valence-corrected chi connectivity index (χ2v) is 7.32. The molecule has 2 aliphatic heterocycles. The van der Waals surface area contributed by atoms with E-state index in [4.69, 9.17) is 4.99 Å². The Kier molecular flexibility index (Phi) is 8.52. The van der Waals surface area contributed by atoms with Gasteiger partial charge in [-0.15, -0.1) is 0 Å². The number of nitrogens with zero attached hydrogens (tertiary/aromatic N) is 3. The van der Waals surface area contributed by atoms with Gasteiger partial charge < -0.3 is 20.4 Å². The molecular weight excluding hydrogens is 314 g/mol. The zero-order valence-electron chi connectivity index (χ0n) is 16.4. The van der Waals surface area contributed by atoms with Crippen molar-refractivity contribution in [2.45, 2.75) is 71.4 Å². The number of amides is 1. The molecule has 0 aromatic heterocycles. The van der Waals surface area contributed by atoms with Crippen LogP contribution >= 0.6 is 0 Å². The van der Waals surface area contributed by atoms with Gasteiger partial charge in [0, 0.05) is 51.2 Å². The average molecular weight is 352 g/mol. The zero-order chi connectivity index (χ0) is 18.1. The summed E-state index contributed by atoms with van der Waals surface area (Å²) in [6, 6.07) is 1.04. The lowest BCUT2D eigenvalue weighted by Gasteiger charge is -2.33. The lowest BCUT2D eigenvalue weighted by Crippen LogP contribution is -2.45. The molecule has 0 bridgehead atoms. The smallest absolute Gasteiger partial charge is 0.222 e. The molecule has 0 aliphatic carbocycles. The van der Waals surface area contributed by atoms with Gasteiger partial charge in [-0.1, -0.05) is 13.3 Å². The molecule has 0 aromatic rings. The van der Waals surface area contributed by atoms with Crippen molar-refractivity contribution in [1.82, 2.24) is 20.4 Å². The number of piperidine rings is 1. The molecule has 0 radical (unpaired) electrons. The Balaban J connectivity index is 1.73. The zero-order valence-corrected chi connectivity index (χ0v) is 16.4. The fourth-order valence-electron chi connectivity index (χ4n) is 3.80. The van der Waals surface area contributed by atoms with Crippen LogP contribution in [0.5, 0.6) is 0 Å². The molecule has 2 N–H and O–H groups in total. The van der Waals surface area contributed by atoms with Crippen LogP contribution in [0.25, 0.3) is 0 Å². The molecule has 2 rings (SSSR count). The molecule has 0 saturated carbocycles. The van der Waals surface area contributed by atoms with Crippen LogP contribution < -0.4 is 10.6 Å². The minimum absolute atomic E-state index is 0.252. The summed E-state index contributed by atoms with van der Waals surface area (Å²) in [4.78, 5) is 21.1. The molecular formula is C19H37N5O. The average Bonchev–Trinajstić information content (AvgIpc) is 3.08. The van der Waals surface area contributed by atoms with E-state index in [-0.39, 0.29) is 5.91 Å². The molecule has 2 aliphatic rings. The first-order valence-corrected chi connectivity index (χ1v) is 10.2. The van der Waals surface area contributed by atoms with Crippen LogP contribution in [0.4, 0.5) is 0 Å². The molecule has 0 spiro atoms. The van der Waals surface area contributed by atoms with Crippen LogP contribution in [-0.4, -0.2) is 73.0 Å². The summed E-state index contributed by atoms with van der Waals surface area (Å²) in [5.41, 5.74) is 0. The number of nitrogens with one attached hydrogen (secondary N) is 2. The minimum Gasteiger partial charge on any atom is -0.357 e. The maximum atomic E-state index is 11.8. The standard InChI is InChI=1S/C19H37N5O/c1-4-18(25)24-14-10-17(15-24)22-19(20-5-2)21-11-8-13-23-12-7-6-9-16(23)3/h16-17H,4-15H2,1-3H3,(H2,20,21,22). The number of carbonyl (C=O) groups is 1. The predicted molar refractivity (Wildman–Crippen MR) is 104 cm³/mol. The molecule has 2 atom stereocenters. The quantitative estimate of drug-likeness (QED) is 0.417. The summed E-state index contributed by atoms with van der Waals surface area (Å²) in [7, 11) is 0. The van der Waals surface area contributed by atoms with E-state index in [0.717, 1.165) is 57.6 Å². The lowest BCUT2D eigenvalue weighted by atomic mass is 10.0. The van der Waals surface area contributed by atoms with E-state index >= 15 is 0 Å². The van der Waals surface area contributed by atoms with Crippen molar-refractivity contribution in [2.75, 3.05) is 39.3 Å². The highest BCUT2D eigenvalue weighted by Crippen LogP contribution is 2.16. The summed E-state index contributed by atoms with van der Waals surface area (Å²) in [5, 5.41) is 6.84. The third kappa shape index (κ3) is 6.49. The van der Waals surface area contributed by atoms with Gasteiger partial charge in [-0.2, -0.15) is 0 Å². The molecule has 2 fully saturated rings. The maximum Gasteiger partial charge on any atom is 0.222 e. The molecule has 6 nitrogen and oxygen atoms in total. The van der Waals surface area contributed by atoms with Crippen molar-refractivity contribution in [3.63, 3.8) is 0 Å². The number of hydrogen-bond donors (Lipinski definition) is 2. The Labute approximate surface area is 153 Å². The topological polar surface area (TPSA) is 60.0 Å². The molecule has 0 aromatic carbocycles. The van der Waals surface area contributed by atoms with Crippen molar-refractivity contribution in [1.29, 1.82) is 0 Å². The second kappa shape index (κ2) is 10.6. The normalized spacial score (nSPS) is 25.2. The molecule has 6 heteroatoms. The molecule has 144 valence electrons. The van der Waals surface area contributed by atoms with Gasteiger partial charge >= 0.3 is 0 Å². The SMILES string of the molecule is CCNC(=NCCCN1CCCCC1C)NC1CCN(C(=O)CC)C1. The highest BCUT2D eigenvalue weighted by molar-refractivity contribution is 5.80. The third-order valence-corrected chi connectivity index (χ3v) is 5.34. The summed E-state index contributed by atoms with van der Waals surface area (Å²) in [6.45, 7) is 12.1. The fraction of sp³-hybridized carbons (Fsp3) is 0.895. The van der Waals surface area contributed by atoms with E-state index in [9.17, 15) is 4.79 Å². The van der Waals surface area contributed by atoms with Gasteiger partial charge in [0.05, 0.1) is 0 Å². The van der Waals surface area contributed by atoms with Gasteiger partial charge in [-0.05, 0) is 46.1 Å². The van der Waals surface area contributed by atoms with Crippen molar-refractivity contribution in [3.8, 4) is 0 Å². The summed E-state index contributed by atoms with van der Waals surface area (Å²) < 4.78 is 0. The van der Waals surface area contributed by atoms with Crippen molar-refractivity contribution >= 4 is 11.9 Å². The van der Waals surface area contributed by atoms with Gasteiger partial charge in [0.2, 0.25) is 5.91 Å². The summed E-state index contributed by atoms with van der Waals surface area (Å²) in [5.74, 6) is 1.15. The molecule has 25 heavy (non-hydrogen) atoms. The monoisotopic (exact) mass is 351 g/mol. The van der Waals surface area contributed by atoms with Crippen molar-refractivity contribution in [2.24, 2.45) is 4.99 Å². The molecule has 2 unspecified atom stereocenters. The van der Waals surface area contributed by atoms with E-state index in [1.54, 1.807) is 0 Å². The van der Waals surface area contributed by atoms with E-state index in [0.29, 0.717) is 12.5 Å². The fourth-order valence-corrected chi connectivity index (χ4v) is 3.80. The Morgan fingerprint density at radius 2 is 2.04 bits per heavy atom. The van der Waals surface area contributed by atoms with Crippen molar-refractivity contribution < 1.29 is 4.79 Å². The Bertz CT molecular complexity index is 440. The van der Waals surface area contributed by atoms with E-state index < -0.39 is 0 Å². The largest absolute Gasteiger partial charge is 0.357 e. The number of guanidine groups is 1. The van der Waals surface area contributed by atoms with Gasteiger partial charge in [0.25, 0.3) is 0 Å². The summed E-state index contributed by atoms with van der Waals surface area (Å²) in [6.07, 6.45) is 6.75. The van der Waals surface area contributed by atoms with Crippen molar-refractivity contribution in [3.05, 3.63) is 0 Å². The van der Waals surface area contributed by atoms with Crippen LogP contribution in [0.15, 0.2) is 4.99 Å². The number of rotatable bonds is 7. The summed E-state index contributed by atoms with van der Waals surface area (Å²) >= 11 is 0. The van der Waals surface area contributed by atoms with Crippen LogP contribution in [0, 0.1) is 0 Å². The van der Waals surface area contributed by atoms with Gasteiger partial charge in [0.1, 0.15) is 0 Å². The van der Waals surface area contributed by atoms with Gasteiger partial charge in [0.15, 0.2) is 5.96 Å². The number of hydrogen-bond acceptors (Lipinski definition) is 3. The second-order valence-electron chi connectivity index (χ2n) is 7.32. The highest BCUT2D eigenvalue weighted by Gasteiger charge is 2.25. The van der Waals surface area contributed by atoms with Crippen LogP contribution in [0.1, 0.15) is 59.3 Å². The lowest BCUT2D eigenvalue weighted by molar-refractivity contribution is -0.129. The number of carbonyl (C=O) groups excluding carboxylic acids is 1. The van der Waals surface area contributed by atoms with Crippen LogP contribution in [-0.2, 0) is 4.79 Å². The van der Waals surface area contributed by atoms with E-state index in [1.165, 1.54) is 25.8 Å². The van der Waals surface area contributed by atoms with E-state index in [1.807, 2.05) is 11.8 Å². The minimum atomic E-state index is 0.252. The maximum absolute atomic E-state index is 11.8. The first kappa shape index (κ1) is 20.0.